The molecule has 6 heteroatoms. The molecular formula is C17H19NO3S2. The molecule has 23 heavy (non-hydrogen) atoms. The monoisotopic (exact) mass is 349 g/mol. The Bertz CT molecular complexity index is 747. The highest BCUT2D eigenvalue weighted by Gasteiger charge is 2.24. The zero-order valence-electron chi connectivity index (χ0n) is 13.3. The number of amides is 1. The first kappa shape index (κ1) is 16.4. The highest BCUT2D eigenvalue weighted by Crippen LogP contribution is 2.41. The Labute approximate surface area is 143 Å². The summed E-state index contributed by atoms with van der Waals surface area (Å²) >= 11 is 1.71. The van der Waals surface area contributed by atoms with E-state index in [0.29, 0.717) is 6.42 Å². The van der Waals surface area contributed by atoms with Crippen LogP contribution in [0.3, 0.4) is 0 Å². The molecule has 0 fully saturated rings. The summed E-state index contributed by atoms with van der Waals surface area (Å²) in [7, 11) is -1.05. The number of carbonyl (C=O) groups excluding carboxylic acids is 1. The molecule has 2 aromatic rings. The van der Waals surface area contributed by atoms with Crippen LogP contribution in [0, 0.1) is 0 Å². The minimum absolute atomic E-state index is 0.472. The van der Waals surface area contributed by atoms with Crippen LogP contribution in [0.15, 0.2) is 34.5 Å². The predicted molar refractivity (Wildman–Crippen MR) is 93.8 cm³/mol. The van der Waals surface area contributed by atoms with Crippen molar-refractivity contribution in [3.8, 4) is 0 Å². The zero-order chi connectivity index (χ0) is 16.6. The van der Waals surface area contributed by atoms with Gasteiger partial charge in [-0.1, -0.05) is 16.8 Å². The molecule has 3 rings (SSSR count). The van der Waals surface area contributed by atoms with Gasteiger partial charge in [-0.05, 0) is 44.5 Å². The fourth-order valence-corrected chi connectivity index (χ4v) is 4.83. The molecule has 122 valence electrons. The number of hydrogen-bond acceptors (Lipinski definition) is 4. The molecule has 1 aromatic carbocycles. The Kier molecular flexibility index (Phi) is 4.40. The first-order chi connectivity index (χ1) is 10.8. The Morgan fingerprint density at radius 2 is 2.13 bits per heavy atom. The van der Waals surface area contributed by atoms with Gasteiger partial charge in [0, 0.05) is 21.9 Å². The summed E-state index contributed by atoms with van der Waals surface area (Å²) in [6.45, 7) is 5.50. The number of thioether (sulfide) groups is 1. The Morgan fingerprint density at radius 1 is 1.35 bits per heavy atom. The molecule has 4 nitrogen and oxygen atoms in total. The predicted octanol–water partition coefficient (Wildman–Crippen LogP) is 4.96. The summed E-state index contributed by atoms with van der Waals surface area (Å²) in [5, 5.41) is 4.57. The maximum atomic E-state index is 12.1. The van der Waals surface area contributed by atoms with E-state index in [9.17, 15) is 9.35 Å². The molecule has 1 amide bonds. The fraction of sp³-hybridized carbons (Fsp3) is 0.353. The third kappa shape index (κ3) is 3.71. The van der Waals surface area contributed by atoms with E-state index in [4.69, 9.17) is 4.74 Å². The molecule has 1 aliphatic heterocycles. The lowest BCUT2D eigenvalue weighted by Gasteiger charge is -2.20. The Hall–Kier alpha value is -1.50. The van der Waals surface area contributed by atoms with Crippen LogP contribution < -0.4 is 5.32 Å². The normalized spacial score (nSPS) is 14.5. The molecule has 2 heterocycles. The van der Waals surface area contributed by atoms with Gasteiger partial charge in [0.15, 0.2) is 4.88 Å². The van der Waals surface area contributed by atoms with Gasteiger partial charge in [0.2, 0.25) is 0 Å². The van der Waals surface area contributed by atoms with Gasteiger partial charge < -0.3 is 9.29 Å². The molecule has 1 aliphatic rings. The van der Waals surface area contributed by atoms with E-state index in [0.717, 1.165) is 32.3 Å². The number of carbonyl (C=O) groups is 1. The van der Waals surface area contributed by atoms with E-state index in [2.05, 4.69) is 5.32 Å². The van der Waals surface area contributed by atoms with Crippen molar-refractivity contribution < 1.29 is 14.1 Å². The first-order valence-corrected chi connectivity index (χ1v) is 9.59. The molecule has 0 saturated heterocycles. The minimum Gasteiger partial charge on any atom is -0.590 e. The number of nitrogens with one attached hydrogen (secondary N) is 1. The maximum Gasteiger partial charge on any atom is 0.412 e. The SMILES string of the molecule is CC(C)(C)OC(=O)Nc1cccc2c1Cc1c(cc[s+]1[O-])CS2. The van der Waals surface area contributed by atoms with Crippen LogP contribution in [0.25, 0.3) is 0 Å². The molecule has 1 atom stereocenters. The fourth-order valence-electron chi connectivity index (χ4n) is 2.49. The summed E-state index contributed by atoms with van der Waals surface area (Å²) in [5.41, 5.74) is 2.32. The standard InChI is InChI=1S/C17H19NO3S2/c1-17(2,3)21-16(19)18-13-5-4-6-14-12(13)9-15-11(10-22-14)7-8-23(15)20/h4-8H,9-10H2,1-3H3,(H,18,19). The summed E-state index contributed by atoms with van der Waals surface area (Å²) < 4.78 is 17.5. The molecule has 1 aromatic heterocycles. The summed E-state index contributed by atoms with van der Waals surface area (Å²) in [5.74, 6) is 0.806. The van der Waals surface area contributed by atoms with Gasteiger partial charge in [-0.2, -0.15) is 0 Å². The number of ether oxygens (including phenoxy) is 1. The second kappa shape index (κ2) is 6.19. The van der Waals surface area contributed by atoms with Gasteiger partial charge in [0.25, 0.3) is 0 Å². The quantitative estimate of drug-likeness (QED) is 0.739. The number of thiophene rings is 1. The summed E-state index contributed by atoms with van der Waals surface area (Å²) in [4.78, 5) is 14.1. The van der Waals surface area contributed by atoms with Crippen molar-refractivity contribution in [2.45, 2.75) is 43.4 Å². The maximum absolute atomic E-state index is 12.1. The van der Waals surface area contributed by atoms with Crippen LogP contribution in [0.5, 0.6) is 0 Å². The number of fused-ring (bicyclic) bond motifs is 2. The van der Waals surface area contributed by atoms with E-state index in [1.807, 2.05) is 45.0 Å². The second-order valence-electron chi connectivity index (χ2n) is 6.42. The Morgan fingerprint density at radius 3 is 2.87 bits per heavy atom. The van der Waals surface area contributed by atoms with Gasteiger partial charge in [0.05, 0.1) is 6.42 Å². The van der Waals surface area contributed by atoms with E-state index < -0.39 is 22.4 Å². The third-order valence-corrected chi connectivity index (χ3v) is 5.91. The van der Waals surface area contributed by atoms with Crippen molar-refractivity contribution in [1.29, 1.82) is 0 Å². The van der Waals surface area contributed by atoms with Crippen LogP contribution in [-0.2, 0) is 16.9 Å². The van der Waals surface area contributed by atoms with Gasteiger partial charge in [0.1, 0.15) is 11.0 Å². The topological polar surface area (TPSA) is 61.4 Å². The third-order valence-electron chi connectivity index (χ3n) is 3.48. The lowest BCUT2D eigenvalue weighted by molar-refractivity contribution is 0.0635. The van der Waals surface area contributed by atoms with Crippen LogP contribution in [-0.4, -0.2) is 16.2 Å². The molecule has 0 aliphatic carbocycles. The highest BCUT2D eigenvalue weighted by molar-refractivity contribution is 7.98. The molecule has 0 spiro atoms. The van der Waals surface area contributed by atoms with Gasteiger partial charge >= 0.3 is 6.09 Å². The average Bonchev–Trinajstić information content (AvgIpc) is 2.67. The van der Waals surface area contributed by atoms with Crippen molar-refractivity contribution in [3.63, 3.8) is 0 Å². The van der Waals surface area contributed by atoms with Crippen molar-refractivity contribution in [2.75, 3.05) is 5.32 Å². The van der Waals surface area contributed by atoms with E-state index >= 15 is 0 Å². The van der Waals surface area contributed by atoms with Crippen LogP contribution in [0.1, 0.15) is 36.8 Å². The number of benzene rings is 1. The molecule has 0 bridgehead atoms. The largest absolute Gasteiger partial charge is 0.590 e. The highest BCUT2D eigenvalue weighted by atomic mass is 32.2. The zero-order valence-corrected chi connectivity index (χ0v) is 15.0. The van der Waals surface area contributed by atoms with Gasteiger partial charge in [-0.25, -0.2) is 4.79 Å². The van der Waals surface area contributed by atoms with Crippen LogP contribution in [0.2, 0.25) is 0 Å². The number of hydrogen-bond donors (Lipinski definition) is 1. The van der Waals surface area contributed by atoms with E-state index in [-0.39, 0.29) is 0 Å². The molecule has 0 radical (unpaired) electrons. The van der Waals surface area contributed by atoms with Crippen molar-refractivity contribution >= 4 is 34.3 Å². The van der Waals surface area contributed by atoms with Crippen LogP contribution >= 0.6 is 22.5 Å². The first-order valence-electron chi connectivity index (χ1n) is 7.39. The van der Waals surface area contributed by atoms with Crippen molar-refractivity contribution in [1.82, 2.24) is 0 Å². The van der Waals surface area contributed by atoms with Gasteiger partial charge in [-0.3, -0.25) is 5.32 Å². The number of anilines is 1. The molecule has 1 unspecified atom stereocenters. The smallest absolute Gasteiger partial charge is 0.412 e. The van der Waals surface area contributed by atoms with Crippen molar-refractivity contribution in [2.24, 2.45) is 0 Å². The van der Waals surface area contributed by atoms with E-state index in [1.54, 1.807) is 17.1 Å². The minimum atomic E-state index is -1.05. The van der Waals surface area contributed by atoms with Crippen LogP contribution in [0.4, 0.5) is 10.5 Å². The number of rotatable bonds is 1. The molecule has 0 saturated carbocycles. The lowest BCUT2D eigenvalue weighted by Crippen LogP contribution is -2.27. The Balaban J connectivity index is 1.90. The van der Waals surface area contributed by atoms with Crippen molar-refractivity contribution in [3.05, 3.63) is 45.6 Å². The summed E-state index contributed by atoms with van der Waals surface area (Å²) in [6, 6.07) is 7.77. The van der Waals surface area contributed by atoms with E-state index in [1.165, 1.54) is 0 Å². The summed E-state index contributed by atoms with van der Waals surface area (Å²) in [6.07, 6.45) is 0.114. The van der Waals surface area contributed by atoms with Gasteiger partial charge in [-0.15, -0.1) is 11.8 Å². The lowest BCUT2D eigenvalue weighted by atomic mass is 10.1. The second-order valence-corrected chi connectivity index (χ2v) is 8.80. The molecular weight excluding hydrogens is 330 g/mol. The average molecular weight is 349 g/mol. The molecule has 1 N–H and O–H groups in total.